The van der Waals surface area contributed by atoms with Gasteiger partial charge in [-0.1, -0.05) is 20.8 Å². The van der Waals surface area contributed by atoms with Gasteiger partial charge in [0, 0.05) is 31.9 Å². The summed E-state index contributed by atoms with van der Waals surface area (Å²) in [4.78, 5) is 47.1. The average Bonchev–Trinajstić information content (AvgIpc) is 3.34. The minimum atomic E-state index is -3.60. The zero-order valence-corrected chi connectivity index (χ0v) is 29.7. The molecule has 2 aliphatic rings. The molecule has 2 aromatic rings. The van der Waals surface area contributed by atoms with Gasteiger partial charge in [-0.25, -0.2) is 23.1 Å². The fourth-order valence-electron chi connectivity index (χ4n) is 5.72. The number of sulfonamides is 1. The van der Waals surface area contributed by atoms with E-state index in [0.29, 0.717) is 28.6 Å². The zero-order valence-electron chi connectivity index (χ0n) is 25.9. The van der Waals surface area contributed by atoms with E-state index in [1.807, 2.05) is 0 Å². The Morgan fingerprint density at radius 3 is 2.32 bits per heavy atom. The summed E-state index contributed by atoms with van der Waals surface area (Å²) in [6, 6.07) is -1.01. The van der Waals surface area contributed by atoms with Gasteiger partial charge in [-0.3, -0.25) is 14.6 Å². The van der Waals surface area contributed by atoms with Crippen molar-refractivity contribution >= 4 is 51.2 Å². The molecular weight excluding hydrogens is 644 g/mol. The van der Waals surface area contributed by atoms with Crippen LogP contribution in [0.5, 0.6) is 5.75 Å². The number of amidine groups is 1. The van der Waals surface area contributed by atoms with E-state index >= 15 is 0 Å². The number of aliphatic hydroxyl groups is 1. The van der Waals surface area contributed by atoms with Gasteiger partial charge in [0.05, 0.1) is 23.9 Å². The number of hydrogen-bond donors (Lipinski definition) is 3. The molecule has 16 heteroatoms. The van der Waals surface area contributed by atoms with Crippen LogP contribution in [0, 0.1) is 30.6 Å². The van der Waals surface area contributed by atoms with E-state index in [2.05, 4.69) is 55.7 Å². The number of aromatic nitrogens is 3. The molecule has 0 saturated heterocycles. The average molecular weight is 682 g/mol. The molecule has 14 nitrogen and oxygen atoms in total. The number of nitrogens with zero attached hydrogens (tertiary/aromatic N) is 5. The number of amides is 1. The molecule has 1 saturated carbocycles. The number of aliphatic imine (C=N–C) groups is 2. The summed E-state index contributed by atoms with van der Waals surface area (Å²) in [7, 11) is -3.60. The molecule has 0 spiro atoms. The fourth-order valence-corrected chi connectivity index (χ4v) is 6.46. The number of carbonyl (C=O) groups is 2. The first-order valence-electron chi connectivity index (χ1n) is 13.7. The van der Waals surface area contributed by atoms with Crippen LogP contribution in [0.15, 0.2) is 22.4 Å². The minimum absolute atomic E-state index is 0. The van der Waals surface area contributed by atoms with Crippen molar-refractivity contribution in [3.63, 3.8) is 0 Å². The van der Waals surface area contributed by atoms with Crippen LogP contribution < -0.4 is 19.8 Å². The van der Waals surface area contributed by atoms with E-state index in [4.69, 9.17) is 4.74 Å². The molecule has 1 amide bonds. The van der Waals surface area contributed by atoms with Crippen LogP contribution in [0.1, 0.15) is 70.1 Å². The maximum Gasteiger partial charge on any atom is 0.314 e. The largest absolute Gasteiger partial charge is 0.495 e. The van der Waals surface area contributed by atoms with E-state index in [0.717, 1.165) is 19.1 Å². The van der Waals surface area contributed by atoms with Crippen LogP contribution in [0.4, 0.5) is 5.82 Å². The number of anilines is 1. The van der Waals surface area contributed by atoms with Crippen molar-refractivity contribution in [1.82, 2.24) is 19.7 Å². The maximum absolute atomic E-state index is 13.4. The molecule has 3 atom stereocenters. The van der Waals surface area contributed by atoms with Crippen molar-refractivity contribution in [3.8, 4) is 5.75 Å². The molecule has 5 N–H and O–H groups in total. The van der Waals surface area contributed by atoms with Crippen molar-refractivity contribution in [3.05, 3.63) is 35.0 Å². The molecule has 236 valence electrons. The van der Waals surface area contributed by atoms with Gasteiger partial charge < -0.3 is 25.6 Å². The monoisotopic (exact) mass is 680 g/mol. The molecule has 3 heterocycles. The Kier molecular flexibility index (Phi) is 12.3. The van der Waals surface area contributed by atoms with Crippen molar-refractivity contribution in [2.75, 3.05) is 11.6 Å². The minimum Gasteiger partial charge on any atom is -0.495 e. The van der Waals surface area contributed by atoms with Crippen molar-refractivity contribution in [1.29, 1.82) is 0 Å². The van der Waals surface area contributed by atoms with Crippen LogP contribution in [0.3, 0.4) is 0 Å². The number of ether oxygens (including phenoxy) is 1. The van der Waals surface area contributed by atoms with E-state index in [1.54, 1.807) is 13.0 Å². The Morgan fingerprint density at radius 2 is 1.75 bits per heavy atom. The Morgan fingerprint density at radius 1 is 1.16 bits per heavy atom. The molecule has 0 bridgehead atoms. The van der Waals surface area contributed by atoms with Gasteiger partial charge in [0.1, 0.15) is 23.0 Å². The summed E-state index contributed by atoms with van der Waals surface area (Å²) in [5.41, 5.74) is 1.82. The van der Waals surface area contributed by atoms with Gasteiger partial charge in [-0.2, -0.15) is 4.99 Å². The third-order valence-electron chi connectivity index (χ3n) is 7.37. The summed E-state index contributed by atoms with van der Waals surface area (Å²) in [6.07, 6.45) is 7.33. The summed E-state index contributed by atoms with van der Waals surface area (Å²) in [6.45, 7) is 10.8. The predicted octanol–water partition coefficient (Wildman–Crippen LogP) is 2.25. The van der Waals surface area contributed by atoms with E-state index < -0.39 is 22.0 Å². The second-order valence-corrected chi connectivity index (χ2v) is 13.0. The van der Waals surface area contributed by atoms with Crippen LogP contribution in [-0.4, -0.2) is 64.9 Å². The van der Waals surface area contributed by atoms with Gasteiger partial charge in [-0.05, 0) is 74.5 Å². The van der Waals surface area contributed by atoms with Gasteiger partial charge in [0.25, 0.3) is 0 Å². The van der Waals surface area contributed by atoms with Gasteiger partial charge >= 0.3 is 5.97 Å². The normalized spacial score (nSPS) is 23.1. The molecule has 4 rings (SSSR count). The van der Waals surface area contributed by atoms with Crippen LogP contribution in [0.2, 0.25) is 0 Å². The first kappa shape index (κ1) is 36.9. The predicted molar refractivity (Wildman–Crippen MR) is 162 cm³/mol. The van der Waals surface area contributed by atoms with Gasteiger partial charge in [0.2, 0.25) is 15.9 Å². The molecule has 1 fully saturated rings. The first-order valence-corrected chi connectivity index (χ1v) is 15.6. The second-order valence-electron chi connectivity index (χ2n) is 11.3. The Balaban J connectivity index is 0.00000337. The van der Waals surface area contributed by atoms with Crippen LogP contribution in [-0.2, 0) is 39.1 Å². The van der Waals surface area contributed by atoms with E-state index in [9.17, 15) is 23.1 Å². The summed E-state index contributed by atoms with van der Waals surface area (Å²) in [5.74, 6) is -0.393. The molecule has 1 aliphatic heterocycles. The maximum atomic E-state index is 13.4. The number of rotatable bonds is 7. The number of esters is 1. The molecule has 0 aromatic carbocycles. The van der Waals surface area contributed by atoms with Gasteiger partial charge in [-0.15, -0.1) is 0 Å². The molecule has 0 radical (unpaired) electrons. The topological polar surface area (TPSA) is 218 Å². The van der Waals surface area contributed by atoms with E-state index in [1.165, 1.54) is 26.2 Å². The third-order valence-corrected chi connectivity index (χ3v) is 8.15. The Hall–Kier alpha value is -3.33. The van der Waals surface area contributed by atoms with Crippen molar-refractivity contribution in [2.24, 2.45) is 33.7 Å². The Bertz CT molecular complexity index is 1590. The SMILES string of the molecule is CC(=O)Nc1[n-]c(/C=C2\N=C(N=C(O)C(C)NS(C)(=O)=O)c3nccnc32)c(C)c1OC(=O)C1C(C)CC(C)CC1C.O.[Zn]. The fraction of sp³-hybridized carbons (Fsp3) is 0.500. The van der Waals surface area contributed by atoms with Gasteiger partial charge in [0.15, 0.2) is 5.84 Å². The molecule has 2 aromatic heterocycles. The van der Waals surface area contributed by atoms with Crippen molar-refractivity contribution in [2.45, 2.75) is 60.4 Å². The smallest absolute Gasteiger partial charge is 0.314 e. The number of fused-ring (bicyclic) bond motifs is 1. The molecule has 3 unspecified atom stereocenters. The molecule has 44 heavy (non-hydrogen) atoms. The summed E-state index contributed by atoms with van der Waals surface area (Å²) < 4.78 is 31.3. The van der Waals surface area contributed by atoms with Crippen molar-refractivity contribution < 1.29 is 52.8 Å². The van der Waals surface area contributed by atoms with Crippen LogP contribution in [0.25, 0.3) is 11.8 Å². The number of carbonyl (C=O) groups excluding carboxylic acids is 2. The van der Waals surface area contributed by atoms with Crippen LogP contribution >= 0.6 is 0 Å². The molecular formula is C28H38N7O7SZn-. The third kappa shape index (κ3) is 8.43. The quantitative estimate of drug-likeness (QED) is 0.169. The molecule has 1 aliphatic carbocycles. The zero-order chi connectivity index (χ0) is 30.9. The standard InChI is InChI=1S/C28H37N7O6S.H2O.Zn/c1-13-10-14(2)21(15(3)11-13)28(38)41-24-16(4)19(32-26(24)31-18(6)36)12-20-22-23(30-9-8-29-22)25(33-20)34-27(37)17(5)35-42(7,39)40;;/h8-9,12-15,17,21,35H,10-11H2,1-7H3,(H3,29,30,31,32,33,34,36,37);1H2;/p-1. The van der Waals surface area contributed by atoms with E-state index in [-0.39, 0.29) is 77.7 Å². The second kappa shape index (κ2) is 14.6. The Labute approximate surface area is 269 Å². The first-order chi connectivity index (χ1) is 19.6. The number of aliphatic hydroxyl groups excluding tert-OH is 1. The number of nitrogens with one attached hydrogen (secondary N) is 2. The number of hydrogen-bond acceptors (Lipinski definition) is 9. The summed E-state index contributed by atoms with van der Waals surface area (Å²) in [5, 5.41) is 13.1. The summed E-state index contributed by atoms with van der Waals surface area (Å²) >= 11 is 0.